The SMILES string of the molecule is COC(=O)CN(C)C(=O)c1cc(F)ccc1C. The zero-order valence-corrected chi connectivity index (χ0v) is 9.99. The summed E-state index contributed by atoms with van der Waals surface area (Å²) in [6.07, 6.45) is 0. The van der Waals surface area contributed by atoms with Gasteiger partial charge in [0.05, 0.1) is 7.11 Å². The van der Waals surface area contributed by atoms with E-state index in [2.05, 4.69) is 4.74 Å². The average Bonchev–Trinajstić information content (AvgIpc) is 2.31. The minimum absolute atomic E-state index is 0.161. The van der Waals surface area contributed by atoms with Crippen LogP contribution in [0.15, 0.2) is 18.2 Å². The third-order valence-electron chi connectivity index (χ3n) is 2.37. The first-order valence-corrected chi connectivity index (χ1v) is 5.04. The topological polar surface area (TPSA) is 46.6 Å². The number of carbonyl (C=O) groups is 2. The Morgan fingerprint density at radius 2 is 2.06 bits per heavy atom. The third-order valence-corrected chi connectivity index (χ3v) is 2.37. The normalized spacial score (nSPS) is 9.88. The van der Waals surface area contributed by atoms with Crippen molar-refractivity contribution in [3.63, 3.8) is 0 Å². The summed E-state index contributed by atoms with van der Waals surface area (Å²) in [5, 5.41) is 0. The van der Waals surface area contributed by atoms with Crippen molar-refractivity contribution in [1.82, 2.24) is 4.90 Å². The monoisotopic (exact) mass is 239 g/mol. The summed E-state index contributed by atoms with van der Waals surface area (Å²) in [4.78, 5) is 24.1. The number of nitrogens with zero attached hydrogens (tertiary/aromatic N) is 1. The van der Waals surface area contributed by atoms with Crippen molar-refractivity contribution in [3.8, 4) is 0 Å². The summed E-state index contributed by atoms with van der Waals surface area (Å²) in [7, 11) is 2.71. The third kappa shape index (κ3) is 3.27. The van der Waals surface area contributed by atoms with Gasteiger partial charge in [-0.15, -0.1) is 0 Å². The highest BCUT2D eigenvalue weighted by Gasteiger charge is 2.17. The highest BCUT2D eigenvalue weighted by molar-refractivity contribution is 5.97. The fourth-order valence-electron chi connectivity index (χ4n) is 1.36. The molecule has 1 rings (SSSR count). The molecular weight excluding hydrogens is 225 g/mol. The zero-order valence-electron chi connectivity index (χ0n) is 9.99. The van der Waals surface area contributed by atoms with Crippen LogP contribution < -0.4 is 0 Å². The van der Waals surface area contributed by atoms with Gasteiger partial charge >= 0.3 is 5.97 Å². The summed E-state index contributed by atoms with van der Waals surface area (Å²) < 4.78 is 17.5. The number of aryl methyl sites for hydroxylation is 1. The van der Waals surface area contributed by atoms with Gasteiger partial charge in [0, 0.05) is 12.6 Å². The Morgan fingerprint density at radius 1 is 1.41 bits per heavy atom. The molecular formula is C12H14FNO3. The van der Waals surface area contributed by atoms with Crippen LogP contribution >= 0.6 is 0 Å². The molecule has 0 unspecified atom stereocenters. The number of likely N-dealkylation sites (N-methyl/N-ethyl adjacent to an activating group) is 1. The second-order valence-corrected chi connectivity index (χ2v) is 3.70. The lowest BCUT2D eigenvalue weighted by Crippen LogP contribution is -2.33. The number of benzene rings is 1. The van der Waals surface area contributed by atoms with Gasteiger partial charge in [0.1, 0.15) is 12.4 Å². The van der Waals surface area contributed by atoms with E-state index in [0.29, 0.717) is 5.56 Å². The molecule has 0 fully saturated rings. The first kappa shape index (κ1) is 13.2. The molecule has 0 N–H and O–H groups in total. The predicted octanol–water partition coefficient (Wildman–Crippen LogP) is 1.38. The quantitative estimate of drug-likeness (QED) is 0.749. The number of hydrogen-bond donors (Lipinski definition) is 0. The maximum atomic E-state index is 13.0. The van der Waals surface area contributed by atoms with E-state index in [-0.39, 0.29) is 12.1 Å². The summed E-state index contributed by atoms with van der Waals surface area (Å²) in [5.74, 6) is -1.41. The lowest BCUT2D eigenvalue weighted by atomic mass is 10.1. The fourth-order valence-corrected chi connectivity index (χ4v) is 1.36. The highest BCUT2D eigenvalue weighted by atomic mass is 19.1. The molecule has 1 amide bonds. The number of carbonyl (C=O) groups excluding carboxylic acids is 2. The van der Waals surface area contributed by atoms with E-state index in [0.717, 1.165) is 6.07 Å². The molecule has 0 saturated carbocycles. The Bertz CT molecular complexity index is 445. The molecule has 1 aromatic rings. The highest BCUT2D eigenvalue weighted by Crippen LogP contribution is 2.12. The van der Waals surface area contributed by atoms with Gasteiger partial charge in [-0.1, -0.05) is 6.07 Å². The number of hydrogen-bond acceptors (Lipinski definition) is 3. The second kappa shape index (κ2) is 5.43. The molecule has 0 aromatic heterocycles. The molecule has 0 heterocycles. The molecule has 1 aromatic carbocycles. The van der Waals surface area contributed by atoms with Gasteiger partial charge in [0.2, 0.25) is 0 Å². The molecule has 4 nitrogen and oxygen atoms in total. The van der Waals surface area contributed by atoms with E-state index < -0.39 is 17.7 Å². The summed E-state index contributed by atoms with van der Waals surface area (Å²) in [6.45, 7) is 1.55. The van der Waals surface area contributed by atoms with Crippen molar-refractivity contribution >= 4 is 11.9 Å². The number of halogens is 1. The first-order valence-electron chi connectivity index (χ1n) is 5.04. The van der Waals surface area contributed by atoms with E-state index in [4.69, 9.17) is 0 Å². The lowest BCUT2D eigenvalue weighted by Gasteiger charge is -2.16. The number of methoxy groups -OCH3 is 1. The van der Waals surface area contributed by atoms with Crippen molar-refractivity contribution in [1.29, 1.82) is 0 Å². The standard InChI is InChI=1S/C12H14FNO3/c1-8-4-5-9(13)6-10(8)12(16)14(2)7-11(15)17-3/h4-6H,7H2,1-3H3. The van der Waals surface area contributed by atoms with Gasteiger partial charge < -0.3 is 9.64 Å². The van der Waals surface area contributed by atoms with E-state index in [1.165, 1.54) is 31.2 Å². The number of ether oxygens (including phenoxy) is 1. The van der Waals surface area contributed by atoms with Crippen LogP contribution in [0, 0.1) is 12.7 Å². The van der Waals surface area contributed by atoms with Crippen molar-refractivity contribution < 1.29 is 18.7 Å². The van der Waals surface area contributed by atoms with Gasteiger partial charge in [0.25, 0.3) is 5.91 Å². The van der Waals surface area contributed by atoms with Crippen LogP contribution in [-0.4, -0.2) is 37.5 Å². The maximum absolute atomic E-state index is 13.0. The zero-order chi connectivity index (χ0) is 13.0. The summed E-state index contributed by atoms with van der Waals surface area (Å²) in [5.41, 5.74) is 0.907. The van der Waals surface area contributed by atoms with Crippen molar-refractivity contribution in [2.45, 2.75) is 6.92 Å². The molecule has 0 bridgehead atoms. The molecule has 0 aliphatic heterocycles. The number of amides is 1. The maximum Gasteiger partial charge on any atom is 0.325 e. The minimum atomic E-state index is -0.519. The second-order valence-electron chi connectivity index (χ2n) is 3.70. The van der Waals surface area contributed by atoms with Crippen LogP contribution in [0.1, 0.15) is 15.9 Å². The van der Waals surface area contributed by atoms with Crippen molar-refractivity contribution in [2.75, 3.05) is 20.7 Å². The van der Waals surface area contributed by atoms with Gasteiger partial charge in [-0.05, 0) is 24.6 Å². The van der Waals surface area contributed by atoms with Crippen LogP contribution in [-0.2, 0) is 9.53 Å². The molecule has 92 valence electrons. The molecule has 0 saturated heterocycles. The largest absolute Gasteiger partial charge is 0.468 e. The van der Waals surface area contributed by atoms with Crippen molar-refractivity contribution in [3.05, 3.63) is 35.1 Å². The van der Waals surface area contributed by atoms with Crippen LogP contribution in [0.3, 0.4) is 0 Å². The Morgan fingerprint density at radius 3 is 2.65 bits per heavy atom. The Labute approximate surface area is 99.0 Å². The van der Waals surface area contributed by atoms with E-state index in [1.54, 1.807) is 6.92 Å². The number of esters is 1. The van der Waals surface area contributed by atoms with E-state index in [1.807, 2.05) is 0 Å². The smallest absolute Gasteiger partial charge is 0.325 e. The predicted molar refractivity (Wildman–Crippen MR) is 60.1 cm³/mol. The first-order chi connectivity index (χ1) is 7.95. The Kier molecular flexibility index (Phi) is 4.20. The minimum Gasteiger partial charge on any atom is -0.468 e. The van der Waals surface area contributed by atoms with Crippen molar-refractivity contribution in [2.24, 2.45) is 0 Å². The van der Waals surface area contributed by atoms with Crippen LogP contribution in [0.5, 0.6) is 0 Å². The van der Waals surface area contributed by atoms with Gasteiger partial charge in [-0.25, -0.2) is 4.39 Å². The molecule has 0 atom stereocenters. The van der Waals surface area contributed by atoms with Gasteiger partial charge in [-0.3, -0.25) is 9.59 Å². The Hall–Kier alpha value is -1.91. The molecule has 17 heavy (non-hydrogen) atoms. The van der Waals surface area contributed by atoms with Crippen LogP contribution in [0.2, 0.25) is 0 Å². The molecule has 0 radical (unpaired) electrons. The molecule has 0 aliphatic carbocycles. The molecule has 0 aliphatic rings. The summed E-state index contributed by atoms with van der Waals surface area (Å²) >= 11 is 0. The number of rotatable bonds is 3. The molecule has 0 spiro atoms. The van der Waals surface area contributed by atoms with E-state index in [9.17, 15) is 14.0 Å². The molecule has 5 heteroatoms. The fraction of sp³-hybridized carbons (Fsp3) is 0.333. The lowest BCUT2D eigenvalue weighted by molar-refractivity contribution is -0.141. The average molecular weight is 239 g/mol. The van der Waals surface area contributed by atoms with Gasteiger partial charge in [-0.2, -0.15) is 0 Å². The van der Waals surface area contributed by atoms with Gasteiger partial charge in [0.15, 0.2) is 0 Å². The summed E-state index contributed by atoms with van der Waals surface area (Å²) in [6, 6.07) is 3.96. The van der Waals surface area contributed by atoms with Crippen LogP contribution in [0.25, 0.3) is 0 Å². The van der Waals surface area contributed by atoms with Crippen LogP contribution in [0.4, 0.5) is 4.39 Å². The Balaban J connectivity index is 2.88. The van der Waals surface area contributed by atoms with E-state index >= 15 is 0 Å².